The molecule has 0 aromatic carbocycles. The topological polar surface area (TPSA) is 38.8 Å². The molecule has 1 amide bonds. The average molecular weight is 239 g/mol. The summed E-state index contributed by atoms with van der Waals surface area (Å²) in [7, 11) is 1.76. The lowest BCUT2D eigenvalue weighted by molar-refractivity contribution is -0.201. The van der Waals surface area contributed by atoms with Crippen molar-refractivity contribution in [2.75, 3.05) is 26.8 Å². The van der Waals surface area contributed by atoms with Gasteiger partial charge in [0.25, 0.3) is 0 Å². The van der Waals surface area contributed by atoms with Crippen molar-refractivity contribution in [1.29, 1.82) is 0 Å². The van der Waals surface area contributed by atoms with Crippen LogP contribution in [0.1, 0.15) is 32.1 Å². The zero-order chi connectivity index (χ0) is 11.9. The molecule has 4 heteroatoms. The van der Waals surface area contributed by atoms with Crippen LogP contribution in [0.15, 0.2) is 0 Å². The van der Waals surface area contributed by atoms with Gasteiger partial charge in [-0.05, 0) is 19.3 Å². The fourth-order valence-corrected chi connectivity index (χ4v) is 3.12. The van der Waals surface area contributed by atoms with Gasteiger partial charge in [-0.1, -0.05) is 6.42 Å². The minimum Gasteiger partial charge on any atom is -0.381 e. The number of hydrogen-bond acceptors (Lipinski definition) is 3. The predicted molar refractivity (Wildman–Crippen MR) is 62.6 cm³/mol. The van der Waals surface area contributed by atoms with Gasteiger partial charge in [0.1, 0.15) is 5.60 Å². The molecule has 1 atom stereocenters. The van der Waals surface area contributed by atoms with E-state index in [-0.39, 0.29) is 5.60 Å². The van der Waals surface area contributed by atoms with Crippen molar-refractivity contribution in [3.8, 4) is 0 Å². The smallest absolute Gasteiger partial charge is 0.225 e. The third kappa shape index (κ3) is 1.97. The quantitative estimate of drug-likeness (QED) is 0.726. The standard InChI is InChI=1S/C13H21NO3/c1-16-11-5-6-17-13(7-11)8-14(9-13)12(15)10-3-2-4-10/h10-11H,2-9H2,1H3. The molecule has 17 heavy (non-hydrogen) atoms. The molecule has 1 unspecified atom stereocenters. The molecule has 2 aliphatic heterocycles. The highest BCUT2D eigenvalue weighted by atomic mass is 16.5. The van der Waals surface area contributed by atoms with Crippen LogP contribution in [0.3, 0.4) is 0 Å². The number of hydrogen-bond donors (Lipinski definition) is 0. The zero-order valence-electron chi connectivity index (χ0n) is 10.5. The number of rotatable bonds is 2. The van der Waals surface area contributed by atoms with Gasteiger partial charge in [-0.15, -0.1) is 0 Å². The Balaban J connectivity index is 1.53. The first-order valence-electron chi connectivity index (χ1n) is 6.68. The largest absolute Gasteiger partial charge is 0.381 e. The van der Waals surface area contributed by atoms with E-state index in [2.05, 4.69) is 0 Å². The van der Waals surface area contributed by atoms with Crippen LogP contribution < -0.4 is 0 Å². The van der Waals surface area contributed by atoms with Crippen molar-refractivity contribution in [3.05, 3.63) is 0 Å². The van der Waals surface area contributed by atoms with E-state index >= 15 is 0 Å². The summed E-state index contributed by atoms with van der Waals surface area (Å²) >= 11 is 0. The second kappa shape index (κ2) is 4.25. The molecule has 96 valence electrons. The molecule has 1 aliphatic carbocycles. The second-order valence-electron chi connectivity index (χ2n) is 5.70. The number of nitrogens with zero attached hydrogens (tertiary/aromatic N) is 1. The Labute approximate surface area is 102 Å². The van der Waals surface area contributed by atoms with E-state index in [1.165, 1.54) is 6.42 Å². The molecule has 3 aliphatic rings. The van der Waals surface area contributed by atoms with E-state index in [1.807, 2.05) is 4.90 Å². The molecule has 3 fully saturated rings. The van der Waals surface area contributed by atoms with Gasteiger partial charge in [0, 0.05) is 26.1 Å². The Hall–Kier alpha value is -0.610. The van der Waals surface area contributed by atoms with Crippen molar-refractivity contribution in [3.63, 3.8) is 0 Å². The Bertz CT molecular complexity index is 308. The Morgan fingerprint density at radius 3 is 2.71 bits per heavy atom. The molecule has 1 spiro atoms. The Kier molecular flexibility index (Phi) is 2.87. The molecule has 0 aromatic rings. The molecule has 2 saturated heterocycles. The highest BCUT2D eigenvalue weighted by molar-refractivity contribution is 5.80. The number of likely N-dealkylation sites (tertiary alicyclic amines) is 1. The average Bonchev–Trinajstić information content (AvgIpc) is 2.23. The van der Waals surface area contributed by atoms with Crippen LogP contribution in [0, 0.1) is 5.92 Å². The third-order valence-corrected chi connectivity index (χ3v) is 4.51. The van der Waals surface area contributed by atoms with Crippen molar-refractivity contribution < 1.29 is 14.3 Å². The van der Waals surface area contributed by atoms with E-state index in [0.717, 1.165) is 45.4 Å². The molecule has 0 radical (unpaired) electrons. The number of carbonyl (C=O) groups is 1. The maximum atomic E-state index is 12.0. The van der Waals surface area contributed by atoms with Gasteiger partial charge in [0.2, 0.25) is 5.91 Å². The van der Waals surface area contributed by atoms with E-state index in [1.54, 1.807) is 7.11 Å². The van der Waals surface area contributed by atoms with Gasteiger partial charge in [0.15, 0.2) is 0 Å². The van der Waals surface area contributed by atoms with Crippen LogP contribution in [0.4, 0.5) is 0 Å². The molecule has 1 saturated carbocycles. The maximum Gasteiger partial charge on any atom is 0.225 e. The summed E-state index contributed by atoms with van der Waals surface area (Å²) in [6.45, 7) is 2.33. The van der Waals surface area contributed by atoms with Crippen LogP contribution in [-0.2, 0) is 14.3 Å². The number of amides is 1. The Morgan fingerprint density at radius 2 is 2.12 bits per heavy atom. The van der Waals surface area contributed by atoms with Crippen molar-refractivity contribution in [2.24, 2.45) is 5.92 Å². The van der Waals surface area contributed by atoms with Crippen LogP contribution in [0.5, 0.6) is 0 Å². The monoisotopic (exact) mass is 239 g/mol. The number of methoxy groups -OCH3 is 1. The Morgan fingerprint density at radius 1 is 1.35 bits per heavy atom. The third-order valence-electron chi connectivity index (χ3n) is 4.51. The maximum absolute atomic E-state index is 12.0. The first kappa shape index (κ1) is 11.5. The summed E-state index contributed by atoms with van der Waals surface area (Å²) < 4.78 is 11.3. The van der Waals surface area contributed by atoms with Crippen molar-refractivity contribution >= 4 is 5.91 Å². The van der Waals surface area contributed by atoms with E-state index in [0.29, 0.717) is 17.9 Å². The van der Waals surface area contributed by atoms with Gasteiger partial charge < -0.3 is 14.4 Å². The lowest BCUT2D eigenvalue weighted by Gasteiger charge is -2.54. The van der Waals surface area contributed by atoms with Gasteiger partial charge >= 0.3 is 0 Å². The van der Waals surface area contributed by atoms with E-state index < -0.39 is 0 Å². The lowest BCUT2D eigenvalue weighted by atomic mass is 9.80. The zero-order valence-corrected chi connectivity index (χ0v) is 10.5. The van der Waals surface area contributed by atoms with Crippen LogP contribution in [0.2, 0.25) is 0 Å². The van der Waals surface area contributed by atoms with Crippen LogP contribution >= 0.6 is 0 Å². The summed E-state index contributed by atoms with van der Waals surface area (Å²) in [6.07, 6.45) is 5.63. The molecule has 0 N–H and O–H groups in total. The van der Waals surface area contributed by atoms with Gasteiger partial charge in [0.05, 0.1) is 19.2 Å². The van der Waals surface area contributed by atoms with Gasteiger partial charge in [-0.25, -0.2) is 0 Å². The fraction of sp³-hybridized carbons (Fsp3) is 0.923. The van der Waals surface area contributed by atoms with Crippen LogP contribution in [-0.4, -0.2) is 49.3 Å². The molecule has 2 heterocycles. The molecule has 3 rings (SSSR count). The SMILES string of the molecule is COC1CCOC2(C1)CN(C(=O)C1CCC1)C2. The second-order valence-corrected chi connectivity index (χ2v) is 5.70. The molecular weight excluding hydrogens is 218 g/mol. The summed E-state index contributed by atoms with van der Waals surface area (Å²) in [5.41, 5.74) is -0.0850. The van der Waals surface area contributed by atoms with E-state index in [4.69, 9.17) is 9.47 Å². The van der Waals surface area contributed by atoms with Gasteiger partial charge in [-0.3, -0.25) is 4.79 Å². The normalized spacial score (nSPS) is 32.1. The lowest BCUT2D eigenvalue weighted by Crippen LogP contribution is -2.68. The van der Waals surface area contributed by atoms with Crippen molar-refractivity contribution in [1.82, 2.24) is 4.90 Å². The van der Waals surface area contributed by atoms with E-state index in [9.17, 15) is 4.79 Å². The summed E-state index contributed by atoms with van der Waals surface area (Å²) in [4.78, 5) is 14.0. The molecule has 0 aromatic heterocycles. The fourth-order valence-electron chi connectivity index (χ4n) is 3.12. The first-order valence-corrected chi connectivity index (χ1v) is 6.68. The summed E-state index contributed by atoms with van der Waals surface area (Å²) in [6, 6.07) is 0. The first-order chi connectivity index (χ1) is 8.22. The summed E-state index contributed by atoms with van der Waals surface area (Å²) in [5, 5.41) is 0. The van der Waals surface area contributed by atoms with Gasteiger partial charge in [-0.2, -0.15) is 0 Å². The predicted octanol–water partition coefficient (Wildman–Crippen LogP) is 1.19. The number of ether oxygens (including phenoxy) is 2. The summed E-state index contributed by atoms with van der Waals surface area (Å²) in [5.74, 6) is 0.666. The number of carbonyl (C=O) groups excluding carboxylic acids is 1. The van der Waals surface area contributed by atoms with Crippen LogP contribution in [0.25, 0.3) is 0 Å². The van der Waals surface area contributed by atoms with Crippen molar-refractivity contribution in [2.45, 2.75) is 43.8 Å². The molecule has 4 nitrogen and oxygen atoms in total. The minimum atomic E-state index is -0.0850. The minimum absolute atomic E-state index is 0.0850. The highest BCUT2D eigenvalue weighted by Gasteiger charge is 2.50. The highest BCUT2D eigenvalue weighted by Crippen LogP contribution is 2.38. The molecule has 0 bridgehead atoms. The molecular formula is C13H21NO3.